The van der Waals surface area contributed by atoms with Gasteiger partial charge in [0.2, 0.25) is 0 Å². The summed E-state index contributed by atoms with van der Waals surface area (Å²) in [7, 11) is 0. The summed E-state index contributed by atoms with van der Waals surface area (Å²) in [5.74, 6) is 0.928. The van der Waals surface area contributed by atoms with E-state index in [1.165, 1.54) is 64.2 Å². The Morgan fingerprint density at radius 3 is 2.11 bits per heavy atom. The fourth-order valence-corrected chi connectivity index (χ4v) is 2.26. The quantitative estimate of drug-likeness (QED) is 0.460. The monoisotopic (exact) mass is 251 g/mol. The lowest BCUT2D eigenvalue weighted by Crippen LogP contribution is -2.07. The summed E-state index contributed by atoms with van der Waals surface area (Å²) in [5, 5.41) is 0. The van der Waals surface area contributed by atoms with Crippen molar-refractivity contribution >= 4 is 5.90 Å². The second kappa shape index (κ2) is 11.3. The van der Waals surface area contributed by atoms with Gasteiger partial charge in [-0.1, -0.05) is 64.7 Å². The molecule has 1 heterocycles. The van der Waals surface area contributed by atoms with Gasteiger partial charge < -0.3 is 4.74 Å². The van der Waals surface area contributed by atoms with Crippen LogP contribution in [0.1, 0.15) is 77.6 Å². The molecule has 0 radical (unpaired) electrons. The molecule has 0 fully saturated rings. The zero-order valence-electron chi connectivity index (χ0n) is 12.0. The largest absolute Gasteiger partial charge is 0.476 e. The van der Waals surface area contributed by atoms with Gasteiger partial charge in [0.1, 0.15) is 6.61 Å². The molecule has 0 saturated carbocycles. The fraction of sp³-hybridized carbons (Fsp3) is 0.812. The Balaban J connectivity index is 1.78. The van der Waals surface area contributed by atoms with Crippen molar-refractivity contribution in [3.8, 4) is 0 Å². The van der Waals surface area contributed by atoms with Crippen LogP contribution < -0.4 is 0 Å². The first kappa shape index (κ1) is 15.3. The summed E-state index contributed by atoms with van der Waals surface area (Å²) in [4.78, 5) is 4.22. The van der Waals surface area contributed by atoms with Gasteiger partial charge in [-0.25, -0.2) is 4.99 Å². The fourth-order valence-electron chi connectivity index (χ4n) is 2.26. The van der Waals surface area contributed by atoms with Crippen molar-refractivity contribution in [2.75, 3.05) is 6.61 Å². The number of nitrogens with zero attached hydrogens (tertiary/aromatic N) is 1. The standard InChI is InChI=1S/C16H29NO/c1-2-3-4-5-6-7-8-9-10-11-13-16-17-14-12-15-18-16/h12,14H,2-11,13,15H2,1H3. The third-order valence-electron chi connectivity index (χ3n) is 3.41. The Hall–Kier alpha value is -0.790. The molecular weight excluding hydrogens is 222 g/mol. The highest BCUT2D eigenvalue weighted by molar-refractivity contribution is 5.77. The molecule has 0 aromatic heterocycles. The van der Waals surface area contributed by atoms with E-state index in [2.05, 4.69) is 11.9 Å². The smallest absolute Gasteiger partial charge is 0.188 e. The van der Waals surface area contributed by atoms with E-state index >= 15 is 0 Å². The van der Waals surface area contributed by atoms with Gasteiger partial charge in [-0.2, -0.15) is 0 Å². The molecule has 0 unspecified atom stereocenters. The van der Waals surface area contributed by atoms with Crippen LogP contribution in [0.15, 0.2) is 17.3 Å². The minimum absolute atomic E-state index is 0.705. The molecule has 0 N–H and O–H groups in total. The third-order valence-corrected chi connectivity index (χ3v) is 3.41. The zero-order chi connectivity index (χ0) is 12.9. The van der Waals surface area contributed by atoms with Crippen molar-refractivity contribution in [1.29, 1.82) is 0 Å². The summed E-state index contributed by atoms with van der Waals surface area (Å²) < 4.78 is 5.42. The molecule has 0 aromatic rings. The molecule has 0 aromatic carbocycles. The number of aliphatic imine (C=N–C) groups is 1. The van der Waals surface area contributed by atoms with Crippen LogP contribution in [0, 0.1) is 0 Å². The van der Waals surface area contributed by atoms with Gasteiger partial charge in [-0.3, -0.25) is 0 Å². The maximum absolute atomic E-state index is 5.42. The summed E-state index contributed by atoms with van der Waals surface area (Å²) in [6, 6.07) is 0. The number of hydrogen-bond acceptors (Lipinski definition) is 2. The van der Waals surface area contributed by atoms with Gasteiger partial charge in [-0.05, 0) is 12.5 Å². The molecule has 0 atom stereocenters. The second-order valence-electron chi connectivity index (χ2n) is 5.15. The Labute approximate surface area is 113 Å². The Kier molecular flexibility index (Phi) is 9.59. The summed E-state index contributed by atoms with van der Waals surface area (Å²) in [5.41, 5.74) is 0. The second-order valence-corrected chi connectivity index (χ2v) is 5.15. The van der Waals surface area contributed by atoms with E-state index in [1.54, 1.807) is 0 Å². The molecule has 2 nitrogen and oxygen atoms in total. The van der Waals surface area contributed by atoms with Crippen molar-refractivity contribution in [3.05, 3.63) is 12.3 Å². The maximum Gasteiger partial charge on any atom is 0.188 e. The highest BCUT2D eigenvalue weighted by atomic mass is 16.5. The SMILES string of the molecule is CCCCCCCCCCCCC1=NC=CCO1. The molecule has 104 valence electrons. The summed E-state index contributed by atoms with van der Waals surface area (Å²) in [6.07, 6.45) is 18.6. The lowest BCUT2D eigenvalue weighted by molar-refractivity contribution is 0.331. The number of rotatable bonds is 11. The third kappa shape index (κ3) is 8.32. The van der Waals surface area contributed by atoms with Gasteiger partial charge in [0.25, 0.3) is 0 Å². The molecule has 0 spiro atoms. The van der Waals surface area contributed by atoms with Gasteiger partial charge in [0.15, 0.2) is 5.90 Å². The van der Waals surface area contributed by atoms with Crippen LogP contribution in [-0.4, -0.2) is 12.5 Å². The number of hydrogen-bond donors (Lipinski definition) is 0. The minimum atomic E-state index is 0.705. The van der Waals surface area contributed by atoms with Crippen LogP contribution in [-0.2, 0) is 4.74 Å². The van der Waals surface area contributed by atoms with E-state index in [0.29, 0.717) is 6.61 Å². The van der Waals surface area contributed by atoms with E-state index < -0.39 is 0 Å². The molecule has 18 heavy (non-hydrogen) atoms. The average Bonchev–Trinajstić information content (AvgIpc) is 2.42. The topological polar surface area (TPSA) is 21.6 Å². The number of unbranched alkanes of at least 4 members (excludes halogenated alkanes) is 9. The van der Waals surface area contributed by atoms with Crippen LogP contribution in [0.5, 0.6) is 0 Å². The normalized spacial score (nSPS) is 14.4. The lowest BCUT2D eigenvalue weighted by Gasteiger charge is -2.09. The molecule has 1 rings (SSSR count). The minimum Gasteiger partial charge on any atom is -0.476 e. The van der Waals surface area contributed by atoms with Crippen LogP contribution in [0.25, 0.3) is 0 Å². The molecule has 2 heteroatoms. The highest BCUT2D eigenvalue weighted by Gasteiger charge is 2.01. The van der Waals surface area contributed by atoms with Crippen LogP contribution in [0.4, 0.5) is 0 Å². The van der Waals surface area contributed by atoms with Crippen molar-refractivity contribution < 1.29 is 4.74 Å². The van der Waals surface area contributed by atoms with E-state index in [4.69, 9.17) is 4.74 Å². The number of ether oxygens (including phenoxy) is 1. The lowest BCUT2D eigenvalue weighted by atomic mass is 10.1. The zero-order valence-corrected chi connectivity index (χ0v) is 12.0. The van der Waals surface area contributed by atoms with E-state index in [0.717, 1.165) is 12.3 Å². The van der Waals surface area contributed by atoms with Crippen molar-refractivity contribution in [1.82, 2.24) is 0 Å². The first-order valence-corrected chi connectivity index (χ1v) is 7.78. The van der Waals surface area contributed by atoms with Crippen LogP contribution >= 0.6 is 0 Å². The first-order valence-electron chi connectivity index (χ1n) is 7.78. The summed E-state index contributed by atoms with van der Waals surface area (Å²) in [6.45, 7) is 2.98. The van der Waals surface area contributed by atoms with Crippen LogP contribution in [0.3, 0.4) is 0 Å². The molecule has 0 bridgehead atoms. The molecule has 1 aliphatic heterocycles. The summed E-state index contributed by atoms with van der Waals surface area (Å²) >= 11 is 0. The maximum atomic E-state index is 5.42. The van der Waals surface area contributed by atoms with E-state index in [-0.39, 0.29) is 0 Å². The van der Waals surface area contributed by atoms with E-state index in [9.17, 15) is 0 Å². The predicted molar refractivity (Wildman–Crippen MR) is 79.0 cm³/mol. The van der Waals surface area contributed by atoms with Crippen molar-refractivity contribution in [2.24, 2.45) is 4.99 Å². The van der Waals surface area contributed by atoms with E-state index in [1.807, 2.05) is 12.3 Å². The van der Waals surface area contributed by atoms with Gasteiger partial charge in [0.05, 0.1) is 0 Å². The molecule has 0 aliphatic carbocycles. The molecule has 0 amide bonds. The van der Waals surface area contributed by atoms with Crippen molar-refractivity contribution in [3.63, 3.8) is 0 Å². The predicted octanol–water partition coefficient (Wildman–Crippen LogP) is 5.24. The Morgan fingerprint density at radius 2 is 1.56 bits per heavy atom. The molecular formula is C16H29NO. The highest BCUT2D eigenvalue weighted by Crippen LogP contribution is 2.12. The Bertz CT molecular complexity index is 245. The van der Waals surface area contributed by atoms with Crippen LogP contribution in [0.2, 0.25) is 0 Å². The van der Waals surface area contributed by atoms with Gasteiger partial charge in [-0.15, -0.1) is 0 Å². The van der Waals surface area contributed by atoms with Gasteiger partial charge >= 0.3 is 0 Å². The Morgan fingerprint density at radius 1 is 0.944 bits per heavy atom. The first-order chi connectivity index (χ1) is 8.93. The average molecular weight is 251 g/mol. The molecule has 0 saturated heterocycles. The van der Waals surface area contributed by atoms with Gasteiger partial charge in [0, 0.05) is 12.6 Å². The van der Waals surface area contributed by atoms with Crippen molar-refractivity contribution in [2.45, 2.75) is 77.6 Å². The molecule has 1 aliphatic rings.